The molecule has 2 aliphatic rings. The van der Waals surface area contributed by atoms with Crippen LogP contribution in [-0.4, -0.2) is 105 Å². The number of rotatable bonds is 11. The molecular weight excluding hydrogens is 690 g/mol. The fraction of sp³-hybridized carbons (Fsp3) is 0.361. The van der Waals surface area contributed by atoms with E-state index in [1.165, 1.54) is 20.9 Å². The van der Waals surface area contributed by atoms with Crippen LogP contribution in [0.2, 0.25) is 0 Å². The minimum absolute atomic E-state index is 0.00266. The van der Waals surface area contributed by atoms with E-state index in [4.69, 9.17) is 33.2 Å². The molecule has 0 radical (unpaired) electrons. The first-order valence-electron chi connectivity index (χ1n) is 16.9. The van der Waals surface area contributed by atoms with Crippen LogP contribution < -0.4 is 10.1 Å². The van der Waals surface area contributed by atoms with E-state index in [0.29, 0.717) is 36.0 Å². The average Bonchev–Trinajstić information content (AvgIpc) is 3.96. The largest absolute Gasteiger partial charge is 0.512 e. The van der Waals surface area contributed by atoms with Crippen molar-refractivity contribution < 1.29 is 47.5 Å². The smallest absolute Gasteiger partial charge is 0.465 e. The Labute approximate surface area is 302 Å². The molecule has 0 bridgehead atoms. The Kier molecular flexibility index (Phi) is 9.92. The quantitative estimate of drug-likeness (QED) is 0.111. The number of imidazole rings is 1. The third kappa shape index (κ3) is 7.47. The fourth-order valence-corrected chi connectivity index (χ4v) is 6.37. The molecule has 2 saturated heterocycles. The highest BCUT2D eigenvalue weighted by Gasteiger charge is 2.51. The number of amides is 1. The molecule has 1 amide bonds. The number of fused-ring (bicyclic) bond motifs is 2. The van der Waals surface area contributed by atoms with Crippen molar-refractivity contribution in [1.29, 1.82) is 0 Å². The number of hydrogen-bond acceptors (Lipinski definition) is 14. The van der Waals surface area contributed by atoms with Gasteiger partial charge in [-0.3, -0.25) is 4.57 Å². The fourth-order valence-electron chi connectivity index (χ4n) is 6.37. The topological polar surface area (TPSA) is 200 Å². The van der Waals surface area contributed by atoms with Crippen LogP contribution in [0, 0.1) is 0 Å². The molecular formula is C36H37N7O10. The van der Waals surface area contributed by atoms with Gasteiger partial charge in [0.1, 0.15) is 12.2 Å². The van der Waals surface area contributed by atoms with Gasteiger partial charge >= 0.3 is 18.2 Å². The first-order chi connectivity index (χ1) is 25.6. The number of nitrogens with one attached hydrogen (secondary N) is 2. The molecule has 0 saturated carbocycles. The van der Waals surface area contributed by atoms with Crippen LogP contribution in [0.5, 0.6) is 6.01 Å². The van der Waals surface area contributed by atoms with E-state index in [2.05, 4.69) is 30.9 Å². The summed E-state index contributed by atoms with van der Waals surface area (Å²) in [6.07, 6.45) is -4.48. The Hall–Kier alpha value is -6.07. The molecule has 2 fully saturated rings. The summed E-state index contributed by atoms with van der Waals surface area (Å²) >= 11 is 0. The van der Waals surface area contributed by atoms with E-state index >= 15 is 0 Å². The second kappa shape index (κ2) is 14.9. The first-order valence-corrected chi connectivity index (χ1v) is 16.9. The molecule has 0 unspecified atom stereocenters. The molecule has 53 heavy (non-hydrogen) atoms. The van der Waals surface area contributed by atoms with E-state index in [-0.39, 0.29) is 18.8 Å². The number of ether oxygens (including phenoxy) is 7. The van der Waals surface area contributed by atoms with Gasteiger partial charge in [0.15, 0.2) is 12.2 Å². The number of carbonyl (C=O) groups excluding carboxylic acids is 3. The summed E-state index contributed by atoms with van der Waals surface area (Å²) in [5, 5.41) is 16.8. The van der Waals surface area contributed by atoms with Crippen LogP contribution in [0.25, 0.3) is 33.5 Å². The number of benzene rings is 3. The monoisotopic (exact) mass is 727 g/mol. The van der Waals surface area contributed by atoms with Crippen molar-refractivity contribution >= 4 is 29.3 Å². The zero-order chi connectivity index (χ0) is 37.1. The van der Waals surface area contributed by atoms with Crippen molar-refractivity contribution in [1.82, 2.24) is 35.5 Å². The highest BCUT2D eigenvalue weighted by atomic mass is 16.8. The molecule has 2 aliphatic heterocycles. The number of alkyl carbamates (subject to hydrolysis) is 1. The molecule has 17 heteroatoms. The van der Waals surface area contributed by atoms with Crippen LogP contribution in [0.3, 0.4) is 0 Å². The molecule has 2 N–H and O–H groups in total. The number of tetrazole rings is 1. The summed E-state index contributed by atoms with van der Waals surface area (Å²) in [7, 11) is 1.44. The number of hydrogen-bond donors (Lipinski definition) is 2. The second-order valence-electron chi connectivity index (χ2n) is 12.7. The number of nitrogens with zero attached hydrogens (tertiary/aromatic N) is 5. The van der Waals surface area contributed by atoms with Crippen LogP contribution in [0.4, 0.5) is 9.59 Å². The van der Waals surface area contributed by atoms with Gasteiger partial charge in [0.05, 0.1) is 43.0 Å². The van der Waals surface area contributed by atoms with Crippen molar-refractivity contribution in [3.05, 3.63) is 77.9 Å². The maximum atomic E-state index is 13.8. The highest BCUT2D eigenvalue weighted by Crippen LogP contribution is 2.33. The Morgan fingerprint density at radius 2 is 1.64 bits per heavy atom. The Morgan fingerprint density at radius 3 is 2.32 bits per heavy atom. The summed E-state index contributed by atoms with van der Waals surface area (Å²) in [5.74, 6) is -2.01. The Bertz CT molecular complexity index is 2100. The molecule has 5 aromatic rings. The number of para-hydroxylation sites is 1. The minimum Gasteiger partial charge on any atom is -0.465 e. The Morgan fingerprint density at radius 1 is 0.925 bits per heavy atom. The maximum Gasteiger partial charge on any atom is 0.512 e. The lowest BCUT2D eigenvalue weighted by Crippen LogP contribution is -2.39. The van der Waals surface area contributed by atoms with Gasteiger partial charge in [0, 0.05) is 26.5 Å². The van der Waals surface area contributed by atoms with E-state index in [1.54, 1.807) is 22.8 Å². The van der Waals surface area contributed by atoms with Gasteiger partial charge in [-0.05, 0) is 41.0 Å². The summed E-state index contributed by atoms with van der Waals surface area (Å²) in [6.45, 7) is 5.43. The van der Waals surface area contributed by atoms with E-state index in [1.807, 2.05) is 55.5 Å². The first kappa shape index (κ1) is 35.3. The third-order valence-electron chi connectivity index (χ3n) is 8.68. The van der Waals surface area contributed by atoms with Gasteiger partial charge in [0.2, 0.25) is 5.82 Å². The normalized spacial score (nSPS) is 19.4. The van der Waals surface area contributed by atoms with E-state index < -0.39 is 48.4 Å². The van der Waals surface area contributed by atoms with Crippen molar-refractivity contribution in [2.24, 2.45) is 0 Å². The van der Waals surface area contributed by atoms with Gasteiger partial charge in [0.25, 0.3) is 11.8 Å². The van der Waals surface area contributed by atoms with E-state index in [0.717, 1.165) is 22.3 Å². The lowest BCUT2D eigenvalue weighted by Gasteiger charge is -2.26. The summed E-state index contributed by atoms with van der Waals surface area (Å²) in [4.78, 5) is 43.0. The van der Waals surface area contributed by atoms with Crippen LogP contribution in [-0.2, 0) is 35.0 Å². The van der Waals surface area contributed by atoms with Gasteiger partial charge in [-0.1, -0.05) is 54.6 Å². The lowest BCUT2D eigenvalue weighted by atomic mass is 9.98. The van der Waals surface area contributed by atoms with Crippen molar-refractivity contribution in [3.63, 3.8) is 0 Å². The van der Waals surface area contributed by atoms with Crippen molar-refractivity contribution in [3.8, 4) is 28.5 Å². The highest BCUT2D eigenvalue weighted by molar-refractivity contribution is 6.02. The molecule has 2 aromatic heterocycles. The molecule has 0 spiro atoms. The minimum atomic E-state index is -1.74. The Balaban J connectivity index is 1.06. The van der Waals surface area contributed by atoms with Crippen LogP contribution in [0.15, 0.2) is 66.7 Å². The third-order valence-corrected chi connectivity index (χ3v) is 8.68. The summed E-state index contributed by atoms with van der Waals surface area (Å²) in [6, 6.07) is 21.1. The van der Waals surface area contributed by atoms with Crippen molar-refractivity contribution in [2.45, 2.75) is 57.5 Å². The zero-order valence-corrected chi connectivity index (χ0v) is 29.3. The van der Waals surface area contributed by atoms with E-state index in [9.17, 15) is 14.4 Å². The van der Waals surface area contributed by atoms with Gasteiger partial charge in [-0.25, -0.2) is 14.4 Å². The van der Waals surface area contributed by atoms with Gasteiger partial charge in [-0.2, -0.15) is 10.2 Å². The number of aromatic nitrogens is 6. The van der Waals surface area contributed by atoms with Crippen LogP contribution >= 0.6 is 0 Å². The van der Waals surface area contributed by atoms with Gasteiger partial charge < -0.3 is 38.5 Å². The average molecular weight is 728 g/mol. The van der Waals surface area contributed by atoms with Crippen LogP contribution in [0.1, 0.15) is 36.7 Å². The summed E-state index contributed by atoms with van der Waals surface area (Å²) in [5.41, 5.74) is 4.82. The molecule has 4 atom stereocenters. The molecule has 7 rings (SSSR count). The lowest BCUT2D eigenvalue weighted by molar-refractivity contribution is -0.162. The zero-order valence-electron chi connectivity index (χ0n) is 29.3. The molecule has 4 heterocycles. The predicted molar refractivity (Wildman–Crippen MR) is 185 cm³/mol. The number of H-pyrrole nitrogens is 1. The summed E-state index contributed by atoms with van der Waals surface area (Å²) < 4.78 is 41.0. The molecule has 276 valence electrons. The molecule has 3 aromatic carbocycles. The van der Waals surface area contributed by atoms with Crippen molar-refractivity contribution in [2.75, 3.05) is 26.9 Å². The van der Waals surface area contributed by atoms with Gasteiger partial charge in [-0.15, -0.1) is 10.2 Å². The standard InChI is InChI=1S/C36H37N7O10/c1-5-47-33-38-25-12-8-11-24(28(25)43(33)17-20-13-15-21(16-14-20)22-9-6-7-10-23(22)31-39-41-42-40-31)32(44)52-36(2,3)53-35(46)51-27-19-49-29-26(18-48-30(27)29)50-34(45)37-4/h6-16,26-27,29-30H,5,17-19H2,1-4H3,(H,37,45)(H,39,40,41,42)/t26-,27-,29+,30+/m1/s1. The maximum absolute atomic E-state index is 13.8. The second-order valence-corrected chi connectivity index (χ2v) is 12.7. The number of esters is 1. The molecule has 0 aliphatic carbocycles. The number of aromatic amines is 1. The predicted octanol–water partition coefficient (Wildman–Crippen LogP) is 4.27. The SMILES string of the molecule is CCOc1nc2cccc(C(=O)OC(C)(C)OC(=O)O[C@@H]3CO[C@@H]4[C@H]3OC[C@H]4OC(=O)NC)c2n1Cc1ccc(-c2ccccc2-c2nn[nH]n2)cc1. The molecule has 17 nitrogen and oxygen atoms in total. The number of carbonyl (C=O) groups is 3.